The first-order valence-corrected chi connectivity index (χ1v) is 8.78. The summed E-state index contributed by atoms with van der Waals surface area (Å²) in [5, 5.41) is 2.69. The van der Waals surface area contributed by atoms with Gasteiger partial charge in [-0.15, -0.1) is 0 Å². The lowest BCUT2D eigenvalue weighted by Gasteiger charge is -2.21. The van der Waals surface area contributed by atoms with Crippen molar-refractivity contribution in [3.63, 3.8) is 0 Å². The molecule has 0 unspecified atom stereocenters. The van der Waals surface area contributed by atoms with Gasteiger partial charge in [0.1, 0.15) is 11.6 Å². The third kappa shape index (κ3) is 5.94. The second kappa shape index (κ2) is 9.17. The Hall–Kier alpha value is -3.15. The Bertz CT molecular complexity index is 884. The van der Waals surface area contributed by atoms with Crippen molar-refractivity contribution in [2.45, 2.75) is 26.2 Å². The molecule has 1 amide bonds. The zero-order valence-corrected chi connectivity index (χ0v) is 16.4. The highest BCUT2D eigenvalue weighted by atomic mass is 19.1. The van der Waals surface area contributed by atoms with Gasteiger partial charge in [-0.25, -0.2) is 9.18 Å². The van der Waals surface area contributed by atoms with Crippen LogP contribution in [0, 0.1) is 5.82 Å². The monoisotopic (exact) mass is 385 g/mol. The second-order valence-corrected chi connectivity index (χ2v) is 7.18. The van der Waals surface area contributed by atoms with Gasteiger partial charge >= 0.3 is 5.97 Å². The second-order valence-electron chi connectivity index (χ2n) is 7.18. The van der Waals surface area contributed by atoms with Crippen LogP contribution in [-0.4, -0.2) is 25.6 Å². The fraction of sp³-hybridized carbons (Fsp3) is 0.273. The van der Waals surface area contributed by atoms with Crippen LogP contribution >= 0.6 is 0 Å². The van der Waals surface area contributed by atoms with Crippen LogP contribution < -0.4 is 10.1 Å². The van der Waals surface area contributed by atoms with Crippen molar-refractivity contribution in [2.24, 2.45) is 0 Å². The minimum Gasteiger partial charge on any atom is -0.495 e. The molecule has 0 aromatic heterocycles. The Kier molecular flexibility index (Phi) is 6.93. The van der Waals surface area contributed by atoms with E-state index < -0.39 is 24.3 Å². The number of rotatable bonds is 6. The van der Waals surface area contributed by atoms with Gasteiger partial charge in [0.05, 0.1) is 12.8 Å². The largest absolute Gasteiger partial charge is 0.495 e. The summed E-state index contributed by atoms with van der Waals surface area (Å²) < 4.78 is 23.7. The van der Waals surface area contributed by atoms with Gasteiger partial charge in [0, 0.05) is 11.6 Å². The van der Waals surface area contributed by atoms with E-state index in [0.29, 0.717) is 11.4 Å². The smallest absolute Gasteiger partial charge is 0.331 e. The molecule has 6 heteroatoms. The summed E-state index contributed by atoms with van der Waals surface area (Å²) in [5.41, 5.74) is 1.68. The molecule has 0 fully saturated rings. The van der Waals surface area contributed by atoms with Crippen molar-refractivity contribution in [3.8, 4) is 5.75 Å². The molecular weight excluding hydrogens is 361 g/mol. The van der Waals surface area contributed by atoms with Crippen LogP contribution in [0.1, 0.15) is 31.9 Å². The highest BCUT2D eigenvalue weighted by Gasteiger charge is 2.17. The molecule has 0 saturated carbocycles. The summed E-state index contributed by atoms with van der Waals surface area (Å²) in [7, 11) is 1.51. The number of ether oxygens (including phenoxy) is 2. The van der Waals surface area contributed by atoms with E-state index >= 15 is 0 Å². The maximum atomic E-state index is 13.5. The van der Waals surface area contributed by atoms with Gasteiger partial charge in [0.15, 0.2) is 6.61 Å². The average molecular weight is 385 g/mol. The predicted octanol–water partition coefficient (Wildman–Crippen LogP) is 4.33. The summed E-state index contributed by atoms with van der Waals surface area (Å²) >= 11 is 0. The molecule has 28 heavy (non-hydrogen) atoms. The number of anilines is 1. The first kappa shape index (κ1) is 21.2. The van der Waals surface area contributed by atoms with Crippen molar-refractivity contribution in [1.82, 2.24) is 0 Å². The van der Waals surface area contributed by atoms with Gasteiger partial charge < -0.3 is 14.8 Å². The Balaban J connectivity index is 1.97. The van der Waals surface area contributed by atoms with Crippen molar-refractivity contribution < 1.29 is 23.5 Å². The lowest BCUT2D eigenvalue weighted by atomic mass is 9.87. The van der Waals surface area contributed by atoms with Gasteiger partial charge in [0.25, 0.3) is 5.91 Å². The SMILES string of the molecule is COc1ccc(C(C)(C)C)cc1NC(=O)COC(=O)C=Cc1ccccc1F. The van der Waals surface area contributed by atoms with E-state index in [-0.39, 0.29) is 11.0 Å². The van der Waals surface area contributed by atoms with Crippen molar-refractivity contribution in [2.75, 3.05) is 19.0 Å². The number of hydrogen-bond donors (Lipinski definition) is 1. The van der Waals surface area contributed by atoms with E-state index in [0.717, 1.165) is 11.6 Å². The molecule has 0 aliphatic heterocycles. The van der Waals surface area contributed by atoms with Gasteiger partial charge in [0.2, 0.25) is 0 Å². The minimum atomic E-state index is -0.742. The van der Waals surface area contributed by atoms with E-state index in [2.05, 4.69) is 26.1 Å². The third-order valence-corrected chi connectivity index (χ3v) is 3.99. The topological polar surface area (TPSA) is 64.6 Å². The zero-order chi connectivity index (χ0) is 20.7. The van der Waals surface area contributed by atoms with Crippen LogP contribution in [0.4, 0.5) is 10.1 Å². The molecule has 148 valence electrons. The molecule has 0 aliphatic rings. The van der Waals surface area contributed by atoms with Crippen LogP contribution in [0.2, 0.25) is 0 Å². The Morgan fingerprint density at radius 1 is 1.14 bits per heavy atom. The maximum absolute atomic E-state index is 13.5. The Labute approximate surface area is 164 Å². The molecule has 0 atom stereocenters. The summed E-state index contributed by atoms with van der Waals surface area (Å²) in [5.74, 6) is -1.19. The first-order chi connectivity index (χ1) is 13.2. The van der Waals surface area contributed by atoms with Crippen LogP contribution in [0.5, 0.6) is 5.75 Å². The number of carbonyl (C=O) groups is 2. The van der Waals surface area contributed by atoms with Crippen molar-refractivity contribution in [1.29, 1.82) is 0 Å². The Morgan fingerprint density at radius 3 is 2.50 bits per heavy atom. The van der Waals surface area contributed by atoms with Crippen molar-refractivity contribution in [3.05, 3.63) is 65.5 Å². The fourth-order valence-electron chi connectivity index (χ4n) is 2.41. The van der Waals surface area contributed by atoms with Gasteiger partial charge in [-0.3, -0.25) is 4.79 Å². The molecule has 1 N–H and O–H groups in total. The van der Waals surface area contributed by atoms with Gasteiger partial charge in [-0.2, -0.15) is 0 Å². The fourth-order valence-corrected chi connectivity index (χ4v) is 2.41. The molecule has 0 bridgehead atoms. The molecule has 0 aliphatic carbocycles. The Morgan fingerprint density at radius 2 is 1.86 bits per heavy atom. The quantitative estimate of drug-likeness (QED) is 0.594. The number of carbonyl (C=O) groups excluding carboxylic acids is 2. The molecular formula is C22H24FNO4. The number of halogens is 1. The average Bonchev–Trinajstić information content (AvgIpc) is 2.65. The number of esters is 1. The van der Waals surface area contributed by atoms with E-state index in [1.165, 1.54) is 25.3 Å². The van der Waals surface area contributed by atoms with Crippen molar-refractivity contribution >= 4 is 23.6 Å². The molecule has 0 spiro atoms. The number of nitrogens with one attached hydrogen (secondary N) is 1. The summed E-state index contributed by atoms with van der Waals surface area (Å²) in [4.78, 5) is 23.9. The molecule has 0 saturated heterocycles. The summed E-state index contributed by atoms with van der Waals surface area (Å²) in [6, 6.07) is 11.6. The molecule has 2 aromatic rings. The van der Waals surface area contributed by atoms with Gasteiger partial charge in [-0.1, -0.05) is 45.0 Å². The van der Waals surface area contributed by atoms with Crippen LogP contribution in [0.3, 0.4) is 0 Å². The molecule has 2 rings (SSSR count). The van der Waals surface area contributed by atoms with Crippen LogP contribution in [0.25, 0.3) is 6.08 Å². The molecule has 5 nitrogen and oxygen atoms in total. The number of benzene rings is 2. The summed E-state index contributed by atoms with van der Waals surface area (Å²) in [6.45, 7) is 5.71. The summed E-state index contributed by atoms with van der Waals surface area (Å²) in [6.07, 6.45) is 2.37. The maximum Gasteiger partial charge on any atom is 0.331 e. The minimum absolute atomic E-state index is 0.101. The molecule has 0 radical (unpaired) electrons. The third-order valence-electron chi connectivity index (χ3n) is 3.99. The number of hydrogen-bond acceptors (Lipinski definition) is 4. The van der Waals surface area contributed by atoms with E-state index in [1.54, 1.807) is 18.2 Å². The molecule has 0 heterocycles. The lowest BCUT2D eigenvalue weighted by molar-refractivity contribution is -0.142. The van der Waals surface area contributed by atoms with E-state index in [9.17, 15) is 14.0 Å². The van der Waals surface area contributed by atoms with Crippen LogP contribution in [0.15, 0.2) is 48.5 Å². The van der Waals surface area contributed by atoms with E-state index in [1.807, 2.05) is 12.1 Å². The predicted molar refractivity (Wildman–Crippen MR) is 107 cm³/mol. The molecule has 2 aromatic carbocycles. The van der Waals surface area contributed by atoms with E-state index in [4.69, 9.17) is 9.47 Å². The standard InChI is InChI=1S/C22H24FNO4/c1-22(2,3)16-10-11-19(27-4)18(13-16)24-20(25)14-28-21(26)12-9-15-7-5-6-8-17(15)23/h5-13H,14H2,1-4H3,(H,24,25). The van der Waals surface area contributed by atoms with Gasteiger partial charge in [-0.05, 0) is 35.3 Å². The lowest BCUT2D eigenvalue weighted by Crippen LogP contribution is -2.21. The highest BCUT2D eigenvalue weighted by Crippen LogP contribution is 2.31. The van der Waals surface area contributed by atoms with Crippen LogP contribution in [-0.2, 0) is 19.7 Å². The number of methoxy groups -OCH3 is 1. The number of amides is 1. The highest BCUT2D eigenvalue weighted by molar-refractivity contribution is 5.95. The zero-order valence-electron chi connectivity index (χ0n) is 16.4. The first-order valence-electron chi connectivity index (χ1n) is 8.78. The normalized spacial score (nSPS) is 11.3.